The summed E-state index contributed by atoms with van der Waals surface area (Å²) in [7, 11) is -3.20. The van der Waals surface area contributed by atoms with E-state index in [9.17, 15) is 13.2 Å². The smallest absolute Gasteiger partial charge is 0.289 e. The van der Waals surface area contributed by atoms with E-state index in [1.54, 1.807) is 11.0 Å². The van der Waals surface area contributed by atoms with Gasteiger partial charge in [0.05, 0.1) is 6.26 Å². The minimum atomic E-state index is -3.20. The Balaban J connectivity index is 1.69. The Hall–Kier alpha value is -1.86. The number of hydrogen-bond acceptors (Lipinski definition) is 4. The first-order chi connectivity index (χ1) is 10.9. The van der Waals surface area contributed by atoms with Crippen LogP contribution in [0.1, 0.15) is 23.4 Å². The van der Waals surface area contributed by atoms with E-state index >= 15 is 0 Å². The fraction of sp³-hybridized carbons (Fsp3) is 0.438. The first-order valence-electron chi connectivity index (χ1n) is 7.65. The number of carbonyl (C=O) groups is 1. The number of nitrogens with zero attached hydrogens (tertiary/aromatic N) is 1. The van der Waals surface area contributed by atoms with Gasteiger partial charge in [0.15, 0.2) is 5.76 Å². The van der Waals surface area contributed by atoms with Gasteiger partial charge in [-0.05, 0) is 30.9 Å². The molecule has 6 nitrogen and oxygen atoms in total. The number of likely N-dealkylation sites (tertiary alicyclic amines) is 1. The van der Waals surface area contributed by atoms with Crippen molar-refractivity contribution >= 4 is 26.9 Å². The normalized spacial score (nSPS) is 19.2. The highest BCUT2D eigenvalue weighted by Gasteiger charge is 2.26. The summed E-state index contributed by atoms with van der Waals surface area (Å²) < 4.78 is 30.6. The van der Waals surface area contributed by atoms with Crippen molar-refractivity contribution in [2.24, 2.45) is 5.92 Å². The second-order valence-corrected chi connectivity index (χ2v) is 7.86. The minimum absolute atomic E-state index is 0.131. The van der Waals surface area contributed by atoms with Crippen LogP contribution in [-0.4, -0.2) is 45.1 Å². The monoisotopic (exact) mass is 336 g/mol. The van der Waals surface area contributed by atoms with Crippen molar-refractivity contribution in [2.45, 2.75) is 12.8 Å². The maximum Gasteiger partial charge on any atom is 0.289 e. The summed E-state index contributed by atoms with van der Waals surface area (Å²) in [5, 5.41) is 0.906. The number of furan rings is 1. The van der Waals surface area contributed by atoms with E-state index in [0.29, 0.717) is 31.0 Å². The highest BCUT2D eigenvalue weighted by atomic mass is 32.2. The molecule has 2 heterocycles. The van der Waals surface area contributed by atoms with Crippen LogP contribution in [0.3, 0.4) is 0 Å². The van der Waals surface area contributed by atoms with Gasteiger partial charge in [-0.1, -0.05) is 18.2 Å². The molecule has 0 radical (unpaired) electrons. The van der Waals surface area contributed by atoms with E-state index in [0.717, 1.165) is 24.5 Å². The Morgan fingerprint density at radius 1 is 1.39 bits per heavy atom. The number of benzene rings is 1. The summed E-state index contributed by atoms with van der Waals surface area (Å²) >= 11 is 0. The van der Waals surface area contributed by atoms with Crippen molar-refractivity contribution < 1.29 is 17.6 Å². The van der Waals surface area contributed by atoms with Crippen LogP contribution in [0.2, 0.25) is 0 Å². The molecule has 0 saturated carbocycles. The molecular weight excluding hydrogens is 316 g/mol. The summed E-state index contributed by atoms with van der Waals surface area (Å²) in [4.78, 5) is 14.4. The van der Waals surface area contributed by atoms with Gasteiger partial charge in [-0.3, -0.25) is 4.79 Å². The highest BCUT2D eigenvalue weighted by Crippen LogP contribution is 2.23. The molecule has 0 spiro atoms. The number of sulfonamides is 1. The third kappa shape index (κ3) is 3.92. The topological polar surface area (TPSA) is 79.6 Å². The lowest BCUT2D eigenvalue weighted by Gasteiger charge is -2.32. The Kier molecular flexibility index (Phi) is 4.41. The fourth-order valence-electron chi connectivity index (χ4n) is 2.93. The van der Waals surface area contributed by atoms with E-state index in [2.05, 4.69) is 4.72 Å². The number of carbonyl (C=O) groups excluding carboxylic acids is 1. The van der Waals surface area contributed by atoms with E-state index < -0.39 is 10.0 Å². The first kappa shape index (κ1) is 16.0. The number of amides is 1. The van der Waals surface area contributed by atoms with Crippen LogP contribution in [0, 0.1) is 5.92 Å². The van der Waals surface area contributed by atoms with Crippen LogP contribution in [0.5, 0.6) is 0 Å². The molecular formula is C16H20N2O4S. The zero-order valence-electron chi connectivity index (χ0n) is 13.0. The van der Waals surface area contributed by atoms with Gasteiger partial charge in [0.1, 0.15) is 5.58 Å². The Morgan fingerprint density at radius 3 is 2.91 bits per heavy atom. The standard InChI is InChI=1S/C16H20N2O4S/c1-23(20,21)17-10-12-5-4-8-18(11-12)16(19)15-9-13-6-2-3-7-14(13)22-15/h2-3,6-7,9,12,17H,4-5,8,10-11H2,1H3/t12-/m0/s1. The molecule has 0 unspecified atom stereocenters. The molecule has 23 heavy (non-hydrogen) atoms. The molecule has 1 atom stereocenters. The maximum absolute atomic E-state index is 12.6. The summed E-state index contributed by atoms with van der Waals surface area (Å²) in [6.07, 6.45) is 2.92. The summed E-state index contributed by atoms with van der Waals surface area (Å²) in [5.41, 5.74) is 0.697. The molecule has 2 aromatic rings. The van der Waals surface area contributed by atoms with Gasteiger partial charge in [0.25, 0.3) is 5.91 Å². The van der Waals surface area contributed by atoms with Crippen molar-refractivity contribution in [1.82, 2.24) is 9.62 Å². The van der Waals surface area contributed by atoms with Gasteiger partial charge < -0.3 is 9.32 Å². The SMILES string of the molecule is CS(=O)(=O)NC[C@@H]1CCCN(C(=O)c2cc3ccccc3o2)C1. The predicted molar refractivity (Wildman–Crippen MR) is 87.7 cm³/mol. The zero-order chi connectivity index (χ0) is 16.4. The van der Waals surface area contributed by atoms with Crippen molar-refractivity contribution in [1.29, 1.82) is 0 Å². The molecule has 1 saturated heterocycles. The molecule has 0 bridgehead atoms. The van der Waals surface area contributed by atoms with E-state index in [1.807, 2.05) is 24.3 Å². The molecule has 7 heteroatoms. The molecule has 124 valence electrons. The van der Waals surface area contributed by atoms with Gasteiger partial charge >= 0.3 is 0 Å². The number of para-hydroxylation sites is 1. The molecule has 1 amide bonds. The first-order valence-corrected chi connectivity index (χ1v) is 9.54. The second-order valence-electron chi connectivity index (χ2n) is 6.03. The molecule has 1 aromatic carbocycles. The lowest BCUT2D eigenvalue weighted by Crippen LogP contribution is -2.43. The van der Waals surface area contributed by atoms with E-state index in [4.69, 9.17) is 4.42 Å². The van der Waals surface area contributed by atoms with Crippen LogP contribution in [-0.2, 0) is 10.0 Å². The summed E-state index contributed by atoms with van der Waals surface area (Å²) in [6.45, 7) is 1.58. The lowest BCUT2D eigenvalue weighted by molar-refractivity contribution is 0.0646. The average Bonchev–Trinajstić information content (AvgIpc) is 2.96. The Labute approximate surface area is 135 Å². The van der Waals surface area contributed by atoms with Crippen LogP contribution in [0.25, 0.3) is 11.0 Å². The van der Waals surface area contributed by atoms with Crippen molar-refractivity contribution in [3.05, 3.63) is 36.1 Å². The fourth-order valence-corrected chi connectivity index (χ4v) is 3.47. The molecule has 0 aliphatic carbocycles. The largest absolute Gasteiger partial charge is 0.451 e. The molecule has 1 aromatic heterocycles. The molecule has 1 aliphatic rings. The average molecular weight is 336 g/mol. The Bertz CT molecular complexity index is 779. The zero-order valence-corrected chi connectivity index (χ0v) is 13.8. The van der Waals surface area contributed by atoms with Crippen molar-refractivity contribution in [3.8, 4) is 0 Å². The summed E-state index contributed by atoms with van der Waals surface area (Å²) in [6, 6.07) is 9.27. The number of rotatable bonds is 4. The van der Waals surface area contributed by atoms with E-state index in [-0.39, 0.29) is 11.8 Å². The van der Waals surface area contributed by atoms with Gasteiger partial charge in [0.2, 0.25) is 10.0 Å². The van der Waals surface area contributed by atoms with Gasteiger partial charge in [-0.2, -0.15) is 0 Å². The van der Waals surface area contributed by atoms with Crippen molar-refractivity contribution in [2.75, 3.05) is 25.9 Å². The van der Waals surface area contributed by atoms with Crippen LogP contribution < -0.4 is 4.72 Å². The van der Waals surface area contributed by atoms with Crippen LogP contribution in [0.4, 0.5) is 0 Å². The summed E-state index contributed by atoms with van der Waals surface area (Å²) in [5.74, 6) is 0.333. The quantitative estimate of drug-likeness (QED) is 0.924. The minimum Gasteiger partial charge on any atom is -0.451 e. The number of piperidine rings is 1. The number of fused-ring (bicyclic) bond motifs is 1. The maximum atomic E-state index is 12.6. The molecule has 3 rings (SSSR count). The Morgan fingerprint density at radius 2 is 2.17 bits per heavy atom. The lowest BCUT2D eigenvalue weighted by atomic mass is 9.98. The third-order valence-electron chi connectivity index (χ3n) is 4.08. The van der Waals surface area contributed by atoms with Crippen LogP contribution >= 0.6 is 0 Å². The van der Waals surface area contributed by atoms with E-state index in [1.165, 1.54) is 0 Å². The molecule has 1 N–H and O–H groups in total. The second kappa shape index (κ2) is 6.33. The van der Waals surface area contributed by atoms with Gasteiger partial charge in [0, 0.05) is 25.0 Å². The number of hydrogen-bond donors (Lipinski definition) is 1. The predicted octanol–water partition coefficient (Wildman–Crippen LogP) is 1.83. The third-order valence-corrected chi connectivity index (χ3v) is 4.77. The molecule has 1 aliphatic heterocycles. The number of nitrogens with one attached hydrogen (secondary N) is 1. The molecule has 1 fully saturated rings. The van der Waals surface area contributed by atoms with Gasteiger partial charge in [-0.25, -0.2) is 13.1 Å². The van der Waals surface area contributed by atoms with Gasteiger partial charge in [-0.15, -0.1) is 0 Å². The van der Waals surface area contributed by atoms with Crippen LogP contribution in [0.15, 0.2) is 34.7 Å². The van der Waals surface area contributed by atoms with Crippen molar-refractivity contribution in [3.63, 3.8) is 0 Å². The highest BCUT2D eigenvalue weighted by molar-refractivity contribution is 7.88.